The molecule has 0 saturated carbocycles. The second kappa shape index (κ2) is 7.81. The topological polar surface area (TPSA) is 79.9 Å². The standard InChI is InChI=1S/C17H22N4O2S/c1-3-12-7-4-6-11(2)15(12)18-14(22)10-24-17-19-16(20-21-17)13-8-5-9-23-13/h4,6-7,13H,3,5,8-10H2,1-2H3,(H,18,22)(H,19,20,21). The van der Waals surface area contributed by atoms with Crippen molar-refractivity contribution in [3.8, 4) is 0 Å². The Morgan fingerprint density at radius 3 is 3.12 bits per heavy atom. The summed E-state index contributed by atoms with van der Waals surface area (Å²) in [5.74, 6) is 0.982. The summed E-state index contributed by atoms with van der Waals surface area (Å²) < 4.78 is 5.57. The lowest BCUT2D eigenvalue weighted by Crippen LogP contribution is -2.16. The number of nitrogens with one attached hydrogen (secondary N) is 2. The largest absolute Gasteiger partial charge is 0.370 e. The third-order valence-corrected chi connectivity index (χ3v) is 4.90. The first-order valence-electron chi connectivity index (χ1n) is 8.22. The summed E-state index contributed by atoms with van der Waals surface area (Å²) in [6, 6.07) is 6.06. The zero-order valence-corrected chi connectivity index (χ0v) is 14.8. The van der Waals surface area contributed by atoms with Gasteiger partial charge in [-0.15, -0.1) is 5.10 Å². The summed E-state index contributed by atoms with van der Waals surface area (Å²) in [6.07, 6.45) is 2.91. The fourth-order valence-corrected chi connectivity index (χ4v) is 3.37. The second-order valence-corrected chi connectivity index (χ2v) is 6.75. The highest BCUT2D eigenvalue weighted by atomic mass is 32.2. The molecule has 1 atom stereocenters. The normalized spacial score (nSPS) is 17.2. The summed E-state index contributed by atoms with van der Waals surface area (Å²) in [5, 5.41) is 10.7. The Hall–Kier alpha value is -1.86. The van der Waals surface area contributed by atoms with Gasteiger partial charge in [0, 0.05) is 12.3 Å². The summed E-state index contributed by atoms with van der Waals surface area (Å²) in [6.45, 7) is 4.86. The zero-order valence-electron chi connectivity index (χ0n) is 14.0. The molecular formula is C17H22N4O2S. The number of aromatic amines is 1. The number of ether oxygens (including phenoxy) is 1. The fraction of sp³-hybridized carbons (Fsp3) is 0.471. The number of H-pyrrole nitrogens is 1. The van der Waals surface area contributed by atoms with Crippen molar-refractivity contribution in [3.63, 3.8) is 0 Å². The Kier molecular flexibility index (Phi) is 5.52. The number of carbonyl (C=O) groups excluding carboxylic acids is 1. The third-order valence-electron chi connectivity index (χ3n) is 4.05. The van der Waals surface area contributed by atoms with Crippen molar-refractivity contribution in [1.29, 1.82) is 0 Å². The average Bonchev–Trinajstić information content (AvgIpc) is 3.26. The van der Waals surface area contributed by atoms with Crippen LogP contribution in [0.25, 0.3) is 0 Å². The summed E-state index contributed by atoms with van der Waals surface area (Å²) in [4.78, 5) is 16.7. The maximum Gasteiger partial charge on any atom is 0.234 e. The molecule has 0 spiro atoms. The minimum atomic E-state index is -0.0486. The van der Waals surface area contributed by atoms with Crippen molar-refractivity contribution < 1.29 is 9.53 Å². The number of para-hydroxylation sites is 1. The molecule has 7 heteroatoms. The SMILES string of the molecule is CCc1cccc(C)c1NC(=O)CSc1n[nH]c(C2CCCO2)n1. The van der Waals surface area contributed by atoms with Gasteiger partial charge in [0.25, 0.3) is 0 Å². The van der Waals surface area contributed by atoms with E-state index in [1.54, 1.807) is 0 Å². The van der Waals surface area contributed by atoms with Gasteiger partial charge < -0.3 is 10.1 Å². The van der Waals surface area contributed by atoms with Crippen molar-refractivity contribution >= 4 is 23.4 Å². The van der Waals surface area contributed by atoms with Gasteiger partial charge in [-0.3, -0.25) is 9.89 Å². The quantitative estimate of drug-likeness (QED) is 0.785. The molecule has 0 bridgehead atoms. The number of hydrogen-bond acceptors (Lipinski definition) is 5. The van der Waals surface area contributed by atoms with Crippen LogP contribution in [-0.2, 0) is 16.0 Å². The molecule has 24 heavy (non-hydrogen) atoms. The van der Waals surface area contributed by atoms with Crippen molar-refractivity contribution in [2.75, 3.05) is 17.7 Å². The number of rotatable bonds is 6. The number of thioether (sulfide) groups is 1. The van der Waals surface area contributed by atoms with Crippen molar-refractivity contribution in [2.24, 2.45) is 0 Å². The maximum absolute atomic E-state index is 12.2. The van der Waals surface area contributed by atoms with Crippen LogP contribution in [0.1, 0.15) is 42.8 Å². The molecule has 0 aliphatic carbocycles. The van der Waals surface area contributed by atoms with Crippen LogP contribution in [0.3, 0.4) is 0 Å². The lowest BCUT2D eigenvalue weighted by molar-refractivity contribution is -0.113. The molecule has 1 aromatic carbocycles. The maximum atomic E-state index is 12.2. The number of nitrogens with zero attached hydrogens (tertiary/aromatic N) is 2. The van der Waals surface area contributed by atoms with E-state index in [2.05, 4.69) is 27.4 Å². The van der Waals surface area contributed by atoms with Crippen LogP contribution >= 0.6 is 11.8 Å². The van der Waals surface area contributed by atoms with E-state index in [-0.39, 0.29) is 17.8 Å². The number of aryl methyl sites for hydroxylation is 2. The minimum Gasteiger partial charge on any atom is -0.370 e. The van der Waals surface area contributed by atoms with Crippen molar-refractivity contribution in [3.05, 3.63) is 35.2 Å². The number of anilines is 1. The molecule has 1 amide bonds. The Balaban J connectivity index is 1.56. The molecule has 1 aliphatic rings. The first-order chi connectivity index (χ1) is 11.7. The molecule has 6 nitrogen and oxygen atoms in total. The molecule has 0 radical (unpaired) electrons. The monoisotopic (exact) mass is 346 g/mol. The van der Waals surface area contributed by atoms with Crippen LogP contribution in [0.15, 0.2) is 23.4 Å². The van der Waals surface area contributed by atoms with Crippen LogP contribution in [0.5, 0.6) is 0 Å². The van der Waals surface area contributed by atoms with E-state index in [1.165, 1.54) is 11.8 Å². The first kappa shape index (κ1) is 17.0. The average molecular weight is 346 g/mol. The van der Waals surface area contributed by atoms with Crippen molar-refractivity contribution in [1.82, 2.24) is 15.2 Å². The van der Waals surface area contributed by atoms with Crippen LogP contribution < -0.4 is 5.32 Å². The Labute approximate surface area is 145 Å². The molecule has 1 saturated heterocycles. The molecule has 128 valence electrons. The second-order valence-electron chi connectivity index (χ2n) is 5.80. The van der Waals surface area contributed by atoms with Gasteiger partial charge >= 0.3 is 0 Å². The van der Waals surface area contributed by atoms with Gasteiger partial charge in [0.2, 0.25) is 11.1 Å². The predicted octanol–water partition coefficient (Wildman–Crippen LogP) is 3.26. The number of carbonyl (C=O) groups is 1. The summed E-state index contributed by atoms with van der Waals surface area (Å²) in [5.41, 5.74) is 3.14. The molecule has 2 N–H and O–H groups in total. The highest BCUT2D eigenvalue weighted by Crippen LogP contribution is 2.27. The van der Waals surface area contributed by atoms with Crippen LogP contribution in [-0.4, -0.2) is 33.4 Å². The van der Waals surface area contributed by atoms with Gasteiger partial charge in [-0.1, -0.05) is 36.9 Å². The van der Waals surface area contributed by atoms with E-state index in [9.17, 15) is 4.79 Å². The minimum absolute atomic E-state index is 0.0137. The highest BCUT2D eigenvalue weighted by Gasteiger charge is 2.21. The smallest absolute Gasteiger partial charge is 0.234 e. The molecular weight excluding hydrogens is 324 g/mol. The number of aromatic nitrogens is 3. The van der Waals surface area contributed by atoms with E-state index in [1.807, 2.05) is 25.1 Å². The molecule has 2 heterocycles. The van der Waals surface area contributed by atoms with Crippen LogP contribution in [0, 0.1) is 6.92 Å². The van der Waals surface area contributed by atoms with Gasteiger partial charge in [0.15, 0.2) is 5.82 Å². The number of benzene rings is 1. The zero-order chi connectivity index (χ0) is 16.9. The Morgan fingerprint density at radius 1 is 1.50 bits per heavy atom. The lowest BCUT2D eigenvalue weighted by atomic mass is 10.1. The van der Waals surface area contributed by atoms with E-state index in [0.717, 1.165) is 48.5 Å². The first-order valence-corrected chi connectivity index (χ1v) is 9.21. The van der Waals surface area contributed by atoms with Gasteiger partial charge in [-0.05, 0) is 37.3 Å². The lowest BCUT2D eigenvalue weighted by Gasteiger charge is -2.12. The third kappa shape index (κ3) is 3.96. The number of hydrogen-bond donors (Lipinski definition) is 2. The molecule has 1 aromatic heterocycles. The van der Waals surface area contributed by atoms with E-state index in [0.29, 0.717) is 5.16 Å². The van der Waals surface area contributed by atoms with Gasteiger partial charge in [-0.25, -0.2) is 4.98 Å². The molecule has 1 aliphatic heterocycles. The molecule has 1 unspecified atom stereocenters. The summed E-state index contributed by atoms with van der Waals surface area (Å²) >= 11 is 1.33. The van der Waals surface area contributed by atoms with E-state index >= 15 is 0 Å². The number of amides is 1. The van der Waals surface area contributed by atoms with Gasteiger partial charge in [0.1, 0.15) is 6.10 Å². The predicted molar refractivity (Wildman–Crippen MR) is 94.2 cm³/mol. The van der Waals surface area contributed by atoms with Gasteiger partial charge in [-0.2, -0.15) is 0 Å². The fourth-order valence-electron chi connectivity index (χ4n) is 2.77. The summed E-state index contributed by atoms with van der Waals surface area (Å²) in [7, 11) is 0. The van der Waals surface area contributed by atoms with E-state index in [4.69, 9.17) is 4.74 Å². The highest BCUT2D eigenvalue weighted by molar-refractivity contribution is 7.99. The molecule has 3 rings (SSSR count). The Bertz CT molecular complexity index is 710. The van der Waals surface area contributed by atoms with Crippen LogP contribution in [0.2, 0.25) is 0 Å². The van der Waals surface area contributed by atoms with Gasteiger partial charge in [0.05, 0.1) is 5.75 Å². The van der Waals surface area contributed by atoms with Crippen molar-refractivity contribution in [2.45, 2.75) is 44.4 Å². The molecule has 1 fully saturated rings. The molecule has 2 aromatic rings. The van der Waals surface area contributed by atoms with Crippen LogP contribution in [0.4, 0.5) is 5.69 Å². The van der Waals surface area contributed by atoms with E-state index < -0.39 is 0 Å². The Morgan fingerprint density at radius 2 is 2.38 bits per heavy atom.